The van der Waals surface area contributed by atoms with Crippen LogP contribution in [0.25, 0.3) is 11.1 Å². The van der Waals surface area contributed by atoms with Gasteiger partial charge in [0.2, 0.25) is 10.0 Å². The number of hydrogen-bond acceptors (Lipinski definition) is 7. The predicted octanol–water partition coefficient (Wildman–Crippen LogP) is 3.84. The van der Waals surface area contributed by atoms with Crippen LogP contribution < -0.4 is 5.76 Å². The summed E-state index contributed by atoms with van der Waals surface area (Å²) in [5, 5.41) is 3.98. The molecular weight excluding hydrogens is 470 g/mol. The van der Waals surface area contributed by atoms with Gasteiger partial charge in [-0.15, -0.1) is 0 Å². The molecule has 2 bridgehead atoms. The normalized spacial score (nSPS) is 25.7. The maximum atomic E-state index is 13.6. The van der Waals surface area contributed by atoms with Crippen molar-refractivity contribution in [3.8, 4) is 0 Å². The number of oxazole rings is 1. The molecule has 1 aromatic carbocycles. The molecule has 6 rings (SSSR count). The van der Waals surface area contributed by atoms with Gasteiger partial charge in [0.05, 0.1) is 10.5 Å². The molecule has 4 heterocycles. The van der Waals surface area contributed by atoms with E-state index in [9.17, 15) is 18.0 Å². The Balaban J connectivity index is 1.21. The van der Waals surface area contributed by atoms with Gasteiger partial charge in [-0.3, -0.25) is 9.78 Å². The van der Waals surface area contributed by atoms with Gasteiger partial charge in [-0.1, -0.05) is 16.8 Å². The number of piperidine rings is 1. The summed E-state index contributed by atoms with van der Waals surface area (Å²) in [7, 11) is -3.90. The van der Waals surface area contributed by atoms with Gasteiger partial charge >= 0.3 is 5.76 Å². The first kappa shape index (κ1) is 21.1. The van der Waals surface area contributed by atoms with Gasteiger partial charge in [0.25, 0.3) is 0 Å². The Kier molecular flexibility index (Phi) is 4.83. The van der Waals surface area contributed by atoms with Gasteiger partial charge in [-0.2, -0.15) is 4.31 Å². The number of fused-ring (bicyclic) bond motifs is 3. The van der Waals surface area contributed by atoms with Crippen molar-refractivity contribution in [2.45, 2.75) is 67.8 Å². The number of rotatable bonds is 6. The molecule has 9 nitrogen and oxygen atoms in total. The van der Waals surface area contributed by atoms with Crippen molar-refractivity contribution in [3.05, 3.63) is 45.2 Å². The van der Waals surface area contributed by atoms with E-state index in [4.69, 9.17) is 20.5 Å². The minimum atomic E-state index is -3.90. The lowest BCUT2D eigenvalue weighted by Gasteiger charge is -2.37. The fraction of sp³-hybridized carbons (Fsp3) is 0.500. The van der Waals surface area contributed by atoms with Gasteiger partial charge in [0, 0.05) is 36.6 Å². The number of benzene rings is 1. The summed E-state index contributed by atoms with van der Waals surface area (Å²) >= 11 is 6.30. The Morgan fingerprint density at radius 1 is 1.15 bits per heavy atom. The Morgan fingerprint density at radius 3 is 2.58 bits per heavy atom. The lowest BCUT2D eigenvalue weighted by atomic mass is 9.87. The number of Topliss-reactive ketones (excluding diaryl/α,β-unsaturated/α-hetero) is 1. The van der Waals surface area contributed by atoms with E-state index in [0.29, 0.717) is 36.4 Å². The number of nitrogens with one attached hydrogen (secondary N) is 1. The van der Waals surface area contributed by atoms with Crippen LogP contribution in [0.1, 0.15) is 67.1 Å². The third kappa shape index (κ3) is 3.64. The van der Waals surface area contributed by atoms with E-state index < -0.39 is 15.8 Å². The number of halogens is 1. The van der Waals surface area contributed by atoms with E-state index in [1.54, 1.807) is 10.4 Å². The van der Waals surface area contributed by atoms with Crippen molar-refractivity contribution in [3.63, 3.8) is 0 Å². The molecule has 2 saturated heterocycles. The number of carbonyl (C=O) groups is 1. The van der Waals surface area contributed by atoms with E-state index >= 15 is 0 Å². The summed E-state index contributed by atoms with van der Waals surface area (Å²) in [6.45, 7) is 0. The van der Waals surface area contributed by atoms with E-state index in [1.165, 1.54) is 12.1 Å². The summed E-state index contributed by atoms with van der Waals surface area (Å²) in [6, 6.07) is 4.07. The van der Waals surface area contributed by atoms with Gasteiger partial charge < -0.3 is 8.94 Å². The Labute approximate surface area is 194 Å². The van der Waals surface area contributed by atoms with E-state index in [-0.39, 0.29) is 39.3 Å². The highest BCUT2D eigenvalue weighted by atomic mass is 35.5. The molecule has 1 unspecified atom stereocenters. The molecule has 3 aliphatic rings. The Hall–Kier alpha value is -2.43. The van der Waals surface area contributed by atoms with Crippen molar-refractivity contribution >= 4 is 38.5 Å². The molecule has 3 atom stereocenters. The molecule has 2 aromatic heterocycles. The van der Waals surface area contributed by atoms with Gasteiger partial charge in [0.15, 0.2) is 11.4 Å². The SMILES string of the molecule is O=C(CC1C[C@H]2CC[C@@H](C1)N2S(=O)(=O)c1cc2oc(=O)[nH]c2cc1Cl)c1cc(C2CC2)on1. The second kappa shape index (κ2) is 7.54. The number of ketones is 1. The maximum Gasteiger partial charge on any atom is 0.417 e. The lowest BCUT2D eigenvalue weighted by Crippen LogP contribution is -2.46. The average Bonchev–Trinajstić information content (AvgIpc) is 3.25. The Morgan fingerprint density at radius 2 is 1.88 bits per heavy atom. The first-order valence-corrected chi connectivity index (χ1v) is 13.0. The first-order valence-electron chi connectivity index (χ1n) is 11.2. The molecule has 174 valence electrons. The van der Waals surface area contributed by atoms with Crippen molar-refractivity contribution in [2.75, 3.05) is 0 Å². The zero-order chi connectivity index (χ0) is 22.9. The summed E-state index contributed by atoms with van der Waals surface area (Å²) in [4.78, 5) is 26.7. The predicted molar refractivity (Wildman–Crippen MR) is 118 cm³/mol. The van der Waals surface area contributed by atoms with Crippen LogP contribution in [0.2, 0.25) is 5.02 Å². The van der Waals surface area contributed by atoms with Gasteiger partial charge in [-0.25, -0.2) is 13.2 Å². The fourth-order valence-electron chi connectivity index (χ4n) is 5.42. The van der Waals surface area contributed by atoms with Crippen LogP contribution >= 0.6 is 11.6 Å². The van der Waals surface area contributed by atoms with Crippen molar-refractivity contribution in [1.82, 2.24) is 14.4 Å². The third-order valence-electron chi connectivity index (χ3n) is 7.06. The largest absolute Gasteiger partial charge is 0.417 e. The van der Waals surface area contributed by atoms with Gasteiger partial charge in [0.1, 0.15) is 16.3 Å². The number of sulfonamides is 1. The standard InChI is InChI=1S/C22H22ClN3O6S/c23-15-8-17-20(31-22(28)24-17)10-21(15)33(29,30)26-13-3-4-14(26)6-11(5-13)7-18(27)16-9-19(32-25-16)12-1-2-12/h8-14H,1-7H2,(H,24,28)/t11?,13-,14+. The topological polar surface area (TPSA) is 126 Å². The van der Waals surface area contributed by atoms with Gasteiger partial charge in [-0.05, 0) is 50.5 Å². The number of aromatic nitrogens is 2. The zero-order valence-electron chi connectivity index (χ0n) is 17.6. The van der Waals surface area contributed by atoms with Crippen molar-refractivity contribution in [2.24, 2.45) is 5.92 Å². The minimum absolute atomic E-state index is 0.0359. The molecular formula is C22H22ClN3O6S. The van der Waals surface area contributed by atoms with Crippen molar-refractivity contribution in [1.29, 1.82) is 0 Å². The second-order valence-electron chi connectivity index (χ2n) is 9.37. The third-order valence-corrected chi connectivity index (χ3v) is 9.53. The molecule has 0 amide bonds. The van der Waals surface area contributed by atoms with Crippen LogP contribution in [0.15, 0.2) is 36.8 Å². The number of H-pyrrole nitrogens is 1. The monoisotopic (exact) mass is 491 g/mol. The molecule has 2 aliphatic heterocycles. The zero-order valence-corrected chi connectivity index (χ0v) is 19.2. The van der Waals surface area contributed by atoms with Crippen LogP contribution in [0, 0.1) is 5.92 Å². The molecule has 0 radical (unpaired) electrons. The molecule has 3 aromatic rings. The van der Waals surface area contributed by atoms with Crippen LogP contribution in [0.3, 0.4) is 0 Å². The molecule has 1 saturated carbocycles. The molecule has 33 heavy (non-hydrogen) atoms. The maximum absolute atomic E-state index is 13.6. The lowest BCUT2D eigenvalue weighted by molar-refractivity contribution is 0.0916. The average molecular weight is 492 g/mol. The van der Waals surface area contributed by atoms with E-state index in [1.807, 2.05) is 0 Å². The highest BCUT2D eigenvalue weighted by Crippen LogP contribution is 2.45. The smallest absolute Gasteiger partial charge is 0.408 e. The minimum Gasteiger partial charge on any atom is -0.408 e. The van der Waals surface area contributed by atoms with E-state index in [2.05, 4.69) is 10.1 Å². The summed E-state index contributed by atoms with van der Waals surface area (Å²) in [5.41, 5.74) is 0.864. The second-order valence-corrected chi connectivity index (χ2v) is 11.6. The van der Waals surface area contributed by atoms with Crippen LogP contribution in [-0.2, 0) is 10.0 Å². The number of carbonyl (C=O) groups excluding carboxylic acids is 1. The molecule has 1 N–H and O–H groups in total. The molecule has 0 spiro atoms. The quantitative estimate of drug-likeness (QED) is 0.519. The first-order chi connectivity index (χ1) is 15.8. The van der Waals surface area contributed by atoms with E-state index in [0.717, 1.165) is 31.4 Å². The highest BCUT2D eigenvalue weighted by molar-refractivity contribution is 7.89. The van der Waals surface area contributed by atoms with Crippen LogP contribution in [0.5, 0.6) is 0 Å². The number of aromatic amines is 1. The summed E-state index contributed by atoms with van der Waals surface area (Å²) in [6.07, 6.45) is 5.17. The number of nitrogens with zero attached hydrogens (tertiary/aromatic N) is 2. The number of hydrogen-bond donors (Lipinski definition) is 1. The summed E-state index contributed by atoms with van der Waals surface area (Å²) < 4.78 is 39.0. The van der Waals surface area contributed by atoms with Crippen LogP contribution in [-0.4, -0.2) is 40.7 Å². The fourth-order valence-corrected chi connectivity index (χ4v) is 7.83. The highest BCUT2D eigenvalue weighted by Gasteiger charge is 2.48. The Bertz CT molecular complexity index is 1410. The summed E-state index contributed by atoms with van der Waals surface area (Å²) in [5.74, 6) is 0.545. The van der Waals surface area contributed by atoms with Crippen LogP contribution in [0.4, 0.5) is 0 Å². The molecule has 3 fully saturated rings. The van der Waals surface area contributed by atoms with Crippen molar-refractivity contribution < 1.29 is 22.2 Å². The molecule has 11 heteroatoms. The molecule has 1 aliphatic carbocycles.